The molecule has 0 radical (unpaired) electrons. The summed E-state index contributed by atoms with van der Waals surface area (Å²) < 4.78 is 11.4. The highest BCUT2D eigenvalue weighted by molar-refractivity contribution is 14.0. The van der Waals surface area contributed by atoms with Gasteiger partial charge in [0.15, 0.2) is 5.96 Å². The summed E-state index contributed by atoms with van der Waals surface area (Å²) in [7, 11) is 1.78. The third-order valence-corrected chi connectivity index (χ3v) is 5.04. The van der Waals surface area contributed by atoms with Crippen LogP contribution in [0.3, 0.4) is 0 Å². The second-order valence-electron chi connectivity index (χ2n) is 7.00. The largest absolute Gasteiger partial charge is 0.490 e. The highest BCUT2D eigenvalue weighted by atomic mass is 127. The van der Waals surface area contributed by atoms with Crippen LogP contribution >= 0.6 is 24.0 Å². The van der Waals surface area contributed by atoms with Gasteiger partial charge in [0, 0.05) is 38.2 Å². The third kappa shape index (κ3) is 5.74. The van der Waals surface area contributed by atoms with Gasteiger partial charge in [0.1, 0.15) is 5.75 Å². The predicted molar refractivity (Wildman–Crippen MR) is 116 cm³/mol. The predicted octanol–water partition coefficient (Wildman–Crippen LogP) is 3.67. The molecule has 26 heavy (non-hydrogen) atoms. The van der Waals surface area contributed by atoms with E-state index >= 15 is 0 Å². The Bertz CT molecular complexity index is 578. The number of benzene rings is 1. The van der Waals surface area contributed by atoms with E-state index < -0.39 is 0 Å². The smallest absolute Gasteiger partial charge is 0.194 e. The SMILES string of the molecule is CCNC(=NCc1ccccc1OC1CCC1)N1CCC(COC)C1.I. The molecule has 1 heterocycles. The zero-order chi connectivity index (χ0) is 17.5. The molecule has 1 aromatic rings. The first-order valence-corrected chi connectivity index (χ1v) is 9.57. The second kappa shape index (κ2) is 11.0. The Morgan fingerprint density at radius 3 is 2.77 bits per heavy atom. The first-order chi connectivity index (χ1) is 12.3. The summed E-state index contributed by atoms with van der Waals surface area (Å²) in [6, 6.07) is 8.30. The molecule has 6 heteroatoms. The van der Waals surface area contributed by atoms with Crippen LogP contribution in [0.1, 0.15) is 38.2 Å². The van der Waals surface area contributed by atoms with Crippen LogP contribution in [0.15, 0.2) is 29.3 Å². The van der Waals surface area contributed by atoms with Gasteiger partial charge in [0.05, 0.1) is 19.3 Å². The van der Waals surface area contributed by atoms with Crippen molar-refractivity contribution in [2.24, 2.45) is 10.9 Å². The fourth-order valence-corrected chi connectivity index (χ4v) is 3.40. The van der Waals surface area contributed by atoms with E-state index in [1.807, 2.05) is 6.07 Å². The normalized spacial score (nSPS) is 20.5. The zero-order valence-electron chi connectivity index (χ0n) is 15.9. The lowest BCUT2D eigenvalue weighted by Crippen LogP contribution is -2.40. The van der Waals surface area contributed by atoms with Crippen LogP contribution in [0.2, 0.25) is 0 Å². The van der Waals surface area contributed by atoms with Crippen LogP contribution in [0, 0.1) is 5.92 Å². The summed E-state index contributed by atoms with van der Waals surface area (Å²) in [5.74, 6) is 2.59. The summed E-state index contributed by atoms with van der Waals surface area (Å²) in [6.07, 6.45) is 5.20. The Morgan fingerprint density at radius 2 is 2.08 bits per heavy atom. The van der Waals surface area contributed by atoms with Gasteiger partial charge in [-0.2, -0.15) is 0 Å². The summed E-state index contributed by atoms with van der Waals surface area (Å²) in [6.45, 7) is 6.53. The lowest BCUT2D eigenvalue weighted by Gasteiger charge is -2.27. The minimum absolute atomic E-state index is 0. The van der Waals surface area contributed by atoms with Gasteiger partial charge >= 0.3 is 0 Å². The van der Waals surface area contributed by atoms with Crippen molar-refractivity contribution in [1.82, 2.24) is 10.2 Å². The molecule has 1 atom stereocenters. The molecule has 0 spiro atoms. The van der Waals surface area contributed by atoms with Crippen molar-refractivity contribution in [3.8, 4) is 5.75 Å². The van der Waals surface area contributed by atoms with Crippen molar-refractivity contribution in [2.75, 3.05) is 33.4 Å². The summed E-state index contributed by atoms with van der Waals surface area (Å²) in [4.78, 5) is 7.23. The first kappa shape index (κ1) is 21.3. The number of hydrogen-bond acceptors (Lipinski definition) is 3. The average molecular weight is 473 g/mol. The molecule has 1 aliphatic heterocycles. The molecule has 146 valence electrons. The van der Waals surface area contributed by atoms with Crippen molar-refractivity contribution < 1.29 is 9.47 Å². The molecule has 1 unspecified atom stereocenters. The number of methoxy groups -OCH3 is 1. The number of nitrogens with zero attached hydrogens (tertiary/aromatic N) is 2. The highest BCUT2D eigenvalue weighted by Gasteiger charge is 2.25. The molecule has 5 nitrogen and oxygen atoms in total. The third-order valence-electron chi connectivity index (χ3n) is 5.04. The lowest BCUT2D eigenvalue weighted by atomic mass is 9.96. The van der Waals surface area contributed by atoms with Gasteiger partial charge in [-0.25, -0.2) is 4.99 Å². The number of para-hydroxylation sites is 1. The van der Waals surface area contributed by atoms with Crippen molar-refractivity contribution >= 4 is 29.9 Å². The number of rotatable bonds is 7. The van der Waals surface area contributed by atoms with E-state index in [9.17, 15) is 0 Å². The van der Waals surface area contributed by atoms with Gasteiger partial charge < -0.3 is 19.7 Å². The van der Waals surface area contributed by atoms with Crippen LogP contribution in [-0.4, -0.2) is 50.3 Å². The molecule has 3 rings (SSSR count). The molecule has 1 aliphatic carbocycles. The van der Waals surface area contributed by atoms with E-state index in [0.29, 0.717) is 18.6 Å². The van der Waals surface area contributed by atoms with E-state index in [1.165, 1.54) is 25.7 Å². The van der Waals surface area contributed by atoms with Crippen molar-refractivity contribution in [2.45, 2.75) is 45.3 Å². The maximum Gasteiger partial charge on any atom is 0.194 e. The topological polar surface area (TPSA) is 46.1 Å². The molecule has 1 aromatic carbocycles. The minimum atomic E-state index is 0. The van der Waals surface area contributed by atoms with E-state index in [-0.39, 0.29) is 24.0 Å². The molecular weight excluding hydrogens is 441 g/mol. The van der Waals surface area contributed by atoms with Gasteiger partial charge in [-0.15, -0.1) is 24.0 Å². The lowest BCUT2D eigenvalue weighted by molar-refractivity contribution is 0.119. The van der Waals surface area contributed by atoms with Crippen molar-refractivity contribution in [3.63, 3.8) is 0 Å². The number of ether oxygens (including phenoxy) is 2. The van der Waals surface area contributed by atoms with Gasteiger partial charge in [0.2, 0.25) is 0 Å². The fraction of sp³-hybridized carbons (Fsp3) is 0.650. The van der Waals surface area contributed by atoms with Crippen LogP contribution in [0.25, 0.3) is 0 Å². The summed E-state index contributed by atoms with van der Waals surface area (Å²) >= 11 is 0. The van der Waals surface area contributed by atoms with Gasteiger partial charge in [-0.1, -0.05) is 18.2 Å². The van der Waals surface area contributed by atoms with Crippen LogP contribution in [0.5, 0.6) is 5.75 Å². The molecule has 1 saturated carbocycles. The van der Waals surface area contributed by atoms with Gasteiger partial charge in [-0.05, 0) is 38.7 Å². The molecule has 0 aromatic heterocycles. The van der Waals surface area contributed by atoms with E-state index in [4.69, 9.17) is 14.5 Å². The Kier molecular flexibility index (Phi) is 8.98. The Balaban J connectivity index is 0.00000243. The van der Waals surface area contributed by atoms with Gasteiger partial charge in [-0.3, -0.25) is 0 Å². The van der Waals surface area contributed by atoms with Crippen LogP contribution in [-0.2, 0) is 11.3 Å². The number of likely N-dealkylation sites (tertiary alicyclic amines) is 1. The quantitative estimate of drug-likeness (QED) is 0.373. The molecule has 1 saturated heterocycles. The molecule has 1 N–H and O–H groups in total. The Labute approximate surface area is 174 Å². The zero-order valence-corrected chi connectivity index (χ0v) is 18.3. The van der Waals surface area contributed by atoms with Crippen LogP contribution < -0.4 is 10.1 Å². The second-order valence-corrected chi connectivity index (χ2v) is 7.00. The molecule has 2 aliphatic rings. The fourth-order valence-electron chi connectivity index (χ4n) is 3.40. The first-order valence-electron chi connectivity index (χ1n) is 9.57. The maximum atomic E-state index is 6.13. The van der Waals surface area contributed by atoms with E-state index in [2.05, 4.69) is 35.3 Å². The summed E-state index contributed by atoms with van der Waals surface area (Å²) in [5, 5.41) is 3.43. The van der Waals surface area contributed by atoms with Crippen molar-refractivity contribution in [1.29, 1.82) is 0 Å². The van der Waals surface area contributed by atoms with Gasteiger partial charge in [0.25, 0.3) is 0 Å². The molecular formula is C20H32IN3O2. The van der Waals surface area contributed by atoms with Crippen LogP contribution in [0.4, 0.5) is 0 Å². The molecule has 0 amide bonds. The standard InChI is InChI=1S/C20H31N3O2.HI/c1-3-21-20(23-12-11-16(14-23)15-24-2)22-13-17-7-4-5-10-19(17)25-18-8-6-9-18;/h4-5,7,10,16,18H,3,6,8-9,11-15H2,1-2H3,(H,21,22);1H. The molecule has 2 fully saturated rings. The molecule has 0 bridgehead atoms. The number of halogens is 1. The monoisotopic (exact) mass is 473 g/mol. The van der Waals surface area contributed by atoms with E-state index in [0.717, 1.165) is 43.5 Å². The summed E-state index contributed by atoms with van der Waals surface area (Å²) in [5.41, 5.74) is 1.16. The number of guanidine groups is 1. The Morgan fingerprint density at radius 1 is 1.27 bits per heavy atom. The Hall–Kier alpha value is -1.02. The minimum Gasteiger partial charge on any atom is -0.490 e. The number of aliphatic imine (C=N–C) groups is 1. The van der Waals surface area contributed by atoms with Crippen molar-refractivity contribution in [3.05, 3.63) is 29.8 Å². The van der Waals surface area contributed by atoms with E-state index in [1.54, 1.807) is 7.11 Å². The maximum absolute atomic E-state index is 6.13. The number of hydrogen-bond donors (Lipinski definition) is 1. The number of nitrogens with one attached hydrogen (secondary N) is 1. The average Bonchev–Trinajstić information content (AvgIpc) is 3.04. The highest BCUT2D eigenvalue weighted by Crippen LogP contribution is 2.28.